The minimum atomic E-state index is -0.568. The second-order valence-electron chi connectivity index (χ2n) is 7.02. The maximum absolute atomic E-state index is 11.8. The van der Waals surface area contributed by atoms with Crippen LogP contribution in [0.1, 0.15) is 64.7 Å². The first-order valence-electron chi connectivity index (χ1n) is 10.3. The summed E-state index contributed by atoms with van der Waals surface area (Å²) in [5.74, 6) is -0.0508. The van der Waals surface area contributed by atoms with Crippen molar-refractivity contribution < 1.29 is 19.4 Å². The third-order valence-corrected chi connectivity index (χ3v) is 4.32. The van der Waals surface area contributed by atoms with Gasteiger partial charge in [0.05, 0.1) is 12.2 Å². The third-order valence-electron chi connectivity index (χ3n) is 4.32. The summed E-state index contributed by atoms with van der Waals surface area (Å²) in [5.41, 5.74) is 0. The number of rotatable bonds is 0. The predicted octanol–water partition coefficient (Wildman–Crippen LogP) is 5.15. The van der Waals surface area contributed by atoms with Crippen molar-refractivity contribution in [1.82, 2.24) is 0 Å². The van der Waals surface area contributed by atoms with Gasteiger partial charge in [0, 0.05) is 18.9 Å². The molecular weight excluding hydrogens is 352 g/mol. The van der Waals surface area contributed by atoms with Gasteiger partial charge in [0.15, 0.2) is 0 Å². The quantitative estimate of drug-likeness (QED) is 0.462. The first-order chi connectivity index (χ1) is 13.6. The van der Waals surface area contributed by atoms with Gasteiger partial charge in [-0.2, -0.15) is 0 Å². The molecule has 154 valence electrons. The Morgan fingerprint density at radius 1 is 0.893 bits per heavy atom. The van der Waals surface area contributed by atoms with E-state index in [4.69, 9.17) is 4.74 Å². The Balaban J connectivity index is 2.55. The molecule has 2 atom stereocenters. The summed E-state index contributed by atoms with van der Waals surface area (Å²) >= 11 is 0. The van der Waals surface area contributed by atoms with Gasteiger partial charge in [-0.1, -0.05) is 54.7 Å². The van der Waals surface area contributed by atoms with Crippen molar-refractivity contribution >= 4 is 11.8 Å². The summed E-state index contributed by atoms with van der Waals surface area (Å²) in [7, 11) is 0. The molecule has 0 aliphatic carbocycles. The van der Waals surface area contributed by atoms with Crippen LogP contribution in [0.25, 0.3) is 0 Å². The molecule has 4 heteroatoms. The van der Waals surface area contributed by atoms with E-state index in [2.05, 4.69) is 12.2 Å². The molecule has 0 amide bonds. The fourth-order valence-corrected chi connectivity index (χ4v) is 2.72. The van der Waals surface area contributed by atoms with Gasteiger partial charge in [-0.05, 0) is 51.9 Å². The topological polar surface area (TPSA) is 63.6 Å². The van der Waals surface area contributed by atoms with Crippen molar-refractivity contribution in [1.29, 1.82) is 0 Å². The number of ketones is 1. The van der Waals surface area contributed by atoms with E-state index in [0.717, 1.165) is 38.5 Å². The molecule has 0 aromatic rings. The number of esters is 1. The van der Waals surface area contributed by atoms with E-state index in [9.17, 15) is 14.7 Å². The summed E-state index contributed by atoms with van der Waals surface area (Å²) in [6.07, 6.45) is 24.4. The van der Waals surface area contributed by atoms with Gasteiger partial charge in [-0.15, -0.1) is 0 Å². The lowest BCUT2D eigenvalue weighted by atomic mass is 10.1. The summed E-state index contributed by atoms with van der Waals surface area (Å²) < 4.78 is 5.33. The Bertz CT molecular complexity index is 596. The summed E-state index contributed by atoms with van der Waals surface area (Å²) in [6.45, 7) is 1.89. The number of hydrogen-bond donors (Lipinski definition) is 1. The van der Waals surface area contributed by atoms with Gasteiger partial charge in [0.25, 0.3) is 0 Å². The van der Waals surface area contributed by atoms with Crippen molar-refractivity contribution in [2.75, 3.05) is 0 Å². The highest BCUT2D eigenvalue weighted by Crippen LogP contribution is 2.08. The minimum Gasteiger partial charge on any atom is -0.460 e. The van der Waals surface area contributed by atoms with Gasteiger partial charge < -0.3 is 9.84 Å². The zero-order valence-electron chi connectivity index (χ0n) is 17.0. The molecule has 0 fully saturated rings. The molecule has 1 aliphatic rings. The standard InChI is InChI=1S/C24H34O4/c1-21-15-9-4-2-5-10-16-22(25)17-11-6-3-7-12-18-23(26)19-13-8-14-20-24(27)28-21/h2-3,5,7-8,12-14,18,20-21,23,26H,4,6,9-11,15-17,19H2,1H3/b5-2?,7-3?,13-8?,18-12+,20-14?. The number of cyclic esters (lactones) is 1. The van der Waals surface area contributed by atoms with Gasteiger partial charge in [0.2, 0.25) is 0 Å². The number of aliphatic hydroxyl groups is 1. The lowest BCUT2D eigenvalue weighted by Gasteiger charge is -2.10. The van der Waals surface area contributed by atoms with Crippen LogP contribution in [0.5, 0.6) is 0 Å². The van der Waals surface area contributed by atoms with Crippen LogP contribution in [-0.4, -0.2) is 29.1 Å². The molecule has 2 unspecified atom stereocenters. The molecule has 0 aromatic carbocycles. The van der Waals surface area contributed by atoms with E-state index in [1.54, 1.807) is 18.2 Å². The highest BCUT2D eigenvalue weighted by atomic mass is 16.5. The molecule has 0 saturated heterocycles. The zero-order chi connectivity index (χ0) is 20.5. The van der Waals surface area contributed by atoms with E-state index >= 15 is 0 Å². The molecule has 1 aliphatic heterocycles. The smallest absolute Gasteiger partial charge is 0.331 e. The van der Waals surface area contributed by atoms with Crippen LogP contribution in [-0.2, 0) is 14.3 Å². The molecule has 1 rings (SSSR count). The highest BCUT2D eigenvalue weighted by molar-refractivity contribution is 5.82. The molecule has 1 N–H and O–H groups in total. The van der Waals surface area contributed by atoms with Crippen LogP contribution in [0.2, 0.25) is 0 Å². The van der Waals surface area contributed by atoms with E-state index in [1.807, 2.05) is 31.2 Å². The van der Waals surface area contributed by atoms with E-state index in [-0.39, 0.29) is 12.1 Å². The fraction of sp³-hybridized carbons (Fsp3) is 0.500. The predicted molar refractivity (Wildman–Crippen MR) is 114 cm³/mol. The average Bonchev–Trinajstić information content (AvgIpc) is 2.65. The van der Waals surface area contributed by atoms with Crippen LogP contribution in [0, 0.1) is 0 Å². The van der Waals surface area contributed by atoms with Crippen molar-refractivity contribution in [3.8, 4) is 0 Å². The first-order valence-corrected chi connectivity index (χ1v) is 10.3. The van der Waals surface area contributed by atoms with Crippen LogP contribution < -0.4 is 0 Å². The van der Waals surface area contributed by atoms with Crippen molar-refractivity contribution in [3.63, 3.8) is 0 Å². The Labute approximate surface area is 169 Å². The molecular formula is C24H34O4. The zero-order valence-corrected chi connectivity index (χ0v) is 17.0. The molecule has 0 aromatic heterocycles. The fourth-order valence-electron chi connectivity index (χ4n) is 2.72. The van der Waals surface area contributed by atoms with Crippen LogP contribution >= 0.6 is 0 Å². The lowest BCUT2D eigenvalue weighted by Crippen LogP contribution is -2.12. The second kappa shape index (κ2) is 15.8. The molecule has 0 spiro atoms. The van der Waals surface area contributed by atoms with Crippen molar-refractivity contribution in [2.45, 2.75) is 76.9 Å². The number of allylic oxidation sites excluding steroid dienone is 7. The van der Waals surface area contributed by atoms with Crippen molar-refractivity contribution in [2.24, 2.45) is 0 Å². The van der Waals surface area contributed by atoms with E-state index in [0.29, 0.717) is 25.0 Å². The summed E-state index contributed by atoms with van der Waals surface area (Å²) in [5, 5.41) is 9.86. The van der Waals surface area contributed by atoms with Gasteiger partial charge >= 0.3 is 5.97 Å². The Morgan fingerprint density at radius 3 is 2.50 bits per heavy atom. The molecule has 0 saturated carbocycles. The maximum atomic E-state index is 11.8. The molecule has 4 nitrogen and oxygen atoms in total. The number of hydrogen-bond acceptors (Lipinski definition) is 4. The number of carbonyl (C=O) groups excluding carboxylic acids is 2. The largest absolute Gasteiger partial charge is 0.460 e. The van der Waals surface area contributed by atoms with Crippen molar-refractivity contribution in [3.05, 3.63) is 60.8 Å². The van der Waals surface area contributed by atoms with E-state index < -0.39 is 6.10 Å². The number of aliphatic hydroxyl groups excluding tert-OH is 1. The molecule has 1 heterocycles. The SMILES string of the molecule is CC1CCCC=CCCC(=O)CCCC=C/C=C/C(O)CC=CC=CC(=O)O1. The summed E-state index contributed by atoms with van der Waals surface area (Å²) in [6, 6.07) is 0. The Kier molecular flexibility index (Phi) is 13.5. The third kappa shape index (κ3) is 13.9. The van der Waals surface area contributed by atoms with Crippen LogP contribution in [0.15, 0.2) is 60.8 Å². The second-order valence-corrected chi connectivity index (χ2v) is 7.02. The molecule has 0 radical (unpaired) electrons. The minimum absolute atomic E-state index is 0.123. The first kappa shape index (κ1) is 23.8. The number of ether oxygens (including phenoxy) is 1. The normalized spacial score (nSPS) is 25.8. The molecule has 0 bridgehead atoms. The van der Waals surface area contributed by atoms with Crippen LogP contribution in [0.3, 0.4) is 0 Å². The highest BCUT2D eigenvalue weighted by Gasteiger charge is 2.05. The summed E-state index contributed by atoms with van der Waals surface area (Å²) in [4.78, 5) is 23.6. The number of carbonyl (C=O) groups is 2. The Morgan fingerprint density at radius 2 is 1.64 bits per heavy atom. The molecule has 28 heavy (non-hydrogen) atoms. The lowest BCUT2D eigenvalue weighted by molar-refractivity contribution is -0.142. The Hall–Kier alpha value is -2.20. The average molecular weight is 387 g/mol. The number of Topliss-reactive ketones (excluding diaryl/α,β-unsaturated/α-hetero) is 1. The monoisotopic (exact) mass is 386 g/mol. The van der Waals surface area contributed by atoms with E-state index in [1.165, 1.54) is 6.08 Å². The maximum Gasteiger partial charge on any atom is 0.331 e. The van der Waals surface area contributed by atoms with Crippen LogP contribution in [0.4, 0.5) is 0 Å². The van der Waals surface area contributed by atoms with Gasteiger partial charge in [-0.3, -0.25) is 4.79 Å². The van der Waals surface area contributed by atoms with Gasteiger partial charge in [-0.25, -0.2) is 4.79 Å². The van der Waals surface area contributed by atoms with Gasteiger partial charge in [0.1, 0.15) is 5.78 Å².